The van der Waals surface area contributed by atoms with E-state index in [9.17, 15) is 13.2 Å². The van der Waals surface area contributed by atoms with Crippen molar-refractivity contribution in [1.82, 2.24) is 10.2 Å². The average Bonchev–Trinajstić information content (AvgIpc) is 2.77. The van der Waals surface area contributed by atoms with E-state index in [4.69, 9.17) is 0 Å². The summed E-state index contributed by atoms with van der Waals surface area (Å²) in [6.07, 6.45) is 1.15. The van der Waals surface area contributed by atoms with Crippen molar-refractivity contribution in [3.63, 3.8) is 0 Å². The molecule has 0 unspecified atom stereocenters. The predicted molar refractivity (Wildman–Crippen MR) is 70.8 cm³/mol. The highest BCUT2D eigenvalue weighted by molar-refractivity contribution is 7.92. The molecule has 0 saturated carbocycles. The van der Waals surface area contributed by atoms with Gasteiger partial charge >= 0.3 is 0 Å². The molecule has 1 amide bonds. The van der Waals surface area contributed by atoms with Crippen LogP contribution in [-0.4, -0.2) is 51.2 Å². The van der Waals surface area contributed by atoms with E-state index in [-0.39, 0.29) is 16.2 Å². The largest absolute Gasteiger partial charge is 0.336 e. The summed E-state index contributed by atoms with van der Waals surface area (Å²) in [6.45, 7) is 4.11. The molecule has 1 saturated heterocycles. The highest BCUT2D eigenvalue weighted by Crippen LogP contribution is 2.21. The predicted octanol–water partition coefficient (Wildman–Crippen LogP) is 0.586. The Hall–Kier alpha value is -0.920. The summed E-state index contributed by atoms with van der Waals surface area (Å²) in [6, 6.07) is 1.74. The fourth-order valence-electron chi connectivity index (χ4n) is 1.92. The lowest BCUT2D eigenvalue weighted by molar-refractivity contribution is 0.0709. The zero-order valence-corrected chi connectivity index (χ0v) is 12.0. The number of hydrogen-bond acceptors (Lipinski definition) is 5. The van der Waals surface area contributed by atoms with E-state index in [2.05, 4.69) is 5.32 Å². The molecule has 0 aliphatic carbocycles. The molecule has 2 rings (SSSR count). The SMILES string of the molecule is C[C@@H]1CN(C(=O)c2csc(S(C)(=O)=O)c2)CCN1. The van der Waals surface area contributed by atoms with Crippen molar-refractivity contribution in [2.45, 2.75) is 17.2 Å². The fourth-order valence-corrected chi connectivity index (χ4v) is 3.71. The number of carbonyl (C=O) groups is 1. The molecule has 1 aliphatic heterocycles. The van der Waals surface area contributed by atoms with E-state index < -0.39 is 9.84 Å². The van der Waals surface area contributed by atoms with Crippen molar-refractivity contribution in [2.75, 3.05) is 25.9 Å². The van der Waals surface area contributed by atoms with E-state index in [0.717, 1.165) is 24.1 Å². The first-order valence-corrected chi connectivity index (χ1v) is 8.46. The standard InChI is InChI=1S/C11H16N2O3S2/c1-8-6-13(4-3-12-8)11(14)9-5-10(17-7-9)18(2,15)16/h5,7-8,12H,3-4,6H2,1-2H3/t8-/m1/s1. The Kier molecular flexibility index (Phi) is 3.74. The van der Waals surface area contributed by atoms with Crippen LogP contribution in [0.3, 0.4) is 0 Å². The number of sulfone groups is 1. The maximum absolute atomic E-state index is 12.2. The molecular weight excluding hydrogens is 272 g/mol. The minimum atomic E-state index is -3.22. The van der Waals surface area contributed by atoms with Gasteiger partial charge in [0.15, 0.2) is 9.84 Å². The number of nitrogens with zero attached hydrogens (tertiary/aromatic N) is 1. The van der Waals surface area contributed by atoms with Gasteiger partial charge in [0.05, 0.1) is 5.56 Å². The van der Waals surface area contributed by atoms with Crippen molar-refractivity contribution in [1.29, 1.82) is 0 Å². The first-order valence-electron chi connectivity index (χ1n) is 5.69. The van der Waals surface area contributed by atoms with Gasteiger partial charge in [-0.1, -0.05) is 0 Å². The summed E-state index contributed by atoms with van der Waals surface area (Å²) in [7, 11) is -3.22. The Labute approximate surface area is 111 Å². The molecule has 1 atom stereocenters. The van der Waals surface area contributed by atoms with Gasteiger partial charge in [-0.3, -0.25) is 4.79 Å². The summed E-state index contributed by atoms with van der Waals surface area (Å²) in [5.41, 5.74) is 0.467. The molecule has 1 aliphatic rings. The zero-order valence-electron chi connectivity index (χ0n) is 10.3. The topological polar surface area (TPSA) is 66.5 Å². The van der Waals surface area contributed by atoms with Crippen LogP contribution in [0.25, 0.3) is 0 Å². The highest BCUT2D eigenvalue weighted by atomic mass is 32.2. The lowest BCUT2D eigenvalue weighted by Gasteiger charge is -2.31. The van der Waals surface area contributed by atoms with Gasteiger partial charge in [-0.2, -0.15) is 0 Å². The number of rotatable bonds is 2. The van der Waals surface area contributed by atoms with Crippen molar-refractivity contribution >= 4 is 27.1 Å². The average molecular weight is 288 g/mol. The summed E-state index contributed by atoms with van der Waals surface area (Å²) in [4.78, 5) is 14.0. The van der Waals surface area contributed by atoms with Crippen LogP contribution in [-0.2, 0) is 9.84 Å². The molecular formula is C11H16N2O3S2. The third kappa shape index (κ3) is 2.90. The van der Waals surface area contributed by atoms with Crippen LogP contribution in [0, 0.1) is 0 Å². The quantitative estimate of drug-likeness (QED) is 0.865. The molecule has 0 radical (unpaired) electrons. The zero-order chi connectivity index (χ0) is 13.3. The van der Waals surface area contributed by atoms with E-state index >= 15 is 0 Å². The Bertz CT molecular complexity index is 550. The normalized spacial score (nSPS) is 21.0. The number of thiophene rings is 1. The van der Waals surface area contributed by atoms with Gasteiger partial charge in [0.1, 0.15) is 4.21 Å². The highest BCUT2D eigenvalue weighted by Gasteiger charge is 2.23. The molecule has 1 aromatic rings. The molecule has 0 bridgehead atoms. The fraction of sp³-hybridized carbons (Fsp3) is 0.545. The van der Waals surface area contributed by atoms with Gasteiger partial charge < -0.3 is 10.2 Å². The number of amides is 1. The number of hydrogen-bond donors (Lipinski definition) is 1. The van der Waals surface area contributed by atoms with Crippen LogP contribution in [0.2, 0.25) is 0 Å². The van der Waals surface area contributed by atoms with Crippen molar-refractivity contribution in [2.24, 2.45) is 0 Å². The molecule has 5 nitrogen and oxygen atoms in total. The van der Waals surface area contributed by atoms with Crippen LogP contribution < -0.4 is 5.32 Å². The van der Waals surface area contributed by atoms with Gasteiger partial charge in [0.2, 0.25) is 0 Å². The molecule has 1 fully saturated rings. The summed E-state index contributed by atoms with van der Waals surface area (Å²) < 4.78 is 23.0. The molecule has 100 valence electrons. The van der Waals surface area contributed by atoms with Crippen LogP contribution in [0.5, 0.6) is 0 Å². The van der Waals surface area contributed by atoms with Crippen molar-refractivity contribution in [3.8, 4) is 0 Å². The van der Waals surface area contributed by atoms with Crippen LogP contribution in [0.1, 0.15) is 17.3 Å². The van der Waals surface area contributed by atoms with Crippen LogP contribution in [0.4, 0.5) is 0 Å². The van der Waals surface area contributed by atoms with Gasteiger partial charge in [-0.15, -0.1) is 11.3 Å². The number of piperazine rings is 1. The second-order valence-corrected chi connectivity index (χ2v) is 7.69. The Morgan fingerprint density at radius 3 is 2.83 bits per heavy atom. The van der Waals surface area contributed by atoms with E-state index in [1.807, 2.05) is 6.92 Å². The van der Waals surface area contributed by atoms with Crippen LogP contribution >= 0.6 is 11.3 Å². The molecule has 1 N–H and O–H groups in total. The van der Waals surface area contributed by atoms with E-state index in [1.165, 1.54) is 6.07 Å². The Balaban J connectivity index is 2.16. The summed E-state index contributed by atoms with van der Waals surface area (Å²) in [5.74, 6) is -0.0884. The number of carbonyl (C=O) groups excluding carboxylic acids is 1. The maximum atomic E-state index is 12.2. The second kappa shape index (κ2) is 4.99. The first-order chi connectivity index (χ1) is 8.38. The van der Waals surface area contributed by atoms with E-state index in [0.29, 0.717) is 18.7 Å². The van der Waals surface area contributed by atoms with E-state index in [1.54, 1.807) is 10.3 Å². The monoisotopic (exact) mass is 288 g/mol. The third-order valence-corrected chi connectivity index (χ3v) is 5.61. The molecule has 18 heavy (non-hydrogen) atoms. The van der Waals surface area contributed by atoms with Gasteiger partial charge in [-0.25, -0.2) is 8.42 Å². The molecule has 0 aromatic carbocycles. The Morgan fingerprint density at radius 2 is 2.28 bits per heavy atom. The Morgan fingerprint density at radius 1 is 1.56 bits per heavy atom. The minimum absolute atomic E-state index is 0.0884. The molecule has 2 heterocycles. The lowest BCUT2D eigenvalue weighted by Crippen LogP contribution is -2.51. The molecule has 0 spiro atoms. The first kappa shape index (κ1) is 13.5. The summed E-state index contributed by atoms with van der Waals surface area (Å²) in [5, 5.41) is 4.88. The third-order valence-electron chi connectivity index (χ3n) is 2.84. The van der Waals surface area contributed by atoms with Crippen molar-refractivity contribution < 1.29 is 13.2 Å². The van der Waals surface area contributed by atoms with Gasteiger partial charge in [0.25, 0.3) is 5.91 Å². The molecule has 7 heteroatoms. The smallest absolute Gasteiger partial charge is 0.254 e. The lowest BCUT2D eigenvalue weighted by atomic mass is 10.2. The van der Waals surface area contributed by atoms with Crippen molar-refractivity contribution in [3.05, 3.63) is 17.0 Å². The summed E-state index contributed by atoms with van der Waals surface area (Å²) >= 11 is 1.10. The van der Waals surface area contributed by atoms with Gasteiger partial charge in [-0.05, 0) is 13.0 Å². The maximum Gasteiger partial charge on any atom is 0.254 e. The number of nitrogens with one attached hydrogen (secondary N) is 1. The minimum Gasteiger partial charge on any atom is -0.336 e. The molecule has 1 aromatic heterocycles. The second-order valence-electron chi connectivity index (χ2n) is 4.53. The van der Waals surface area contributed by atoms with Crippen LogP contribution in [0.15, 0.2) is 15.7 Å². The van der Waals surface area contributed by atoms with Gasteiger partial charge in [0, 0.05) is 37.3 Å².